The summed E-state index contributed by atoms with van der Waals surface area (Å²) in [4.78, 5) is 8.95. The molecule has 0 aromatic carbocycles. The highest BCUT2D eigenvalue weighted by Gasteiger charge is 2.26. The molecular formula is C9H20O2P+. The monoisotopic (exact) mass is 191 g/mol. The smallest absolute Gasteiger partial charge is 0.161 e. The number of hydrogen-bond acceptors (Lipinski definition) is 1. The lowest BCUT2D eigenvalue weighted by atomic mass is 10.1. The van der Waals surface area contributed by atoms with Gasteiger partial charge in [0, 0.05) is 0 Å². The standard InChI is InChI=1S/C9H19O2P/c1-3-5-6-8-9(7-4-2)12(10)11/h9H,3-8H2,1-2H3/p+1. The number of rotatable bonds is 7. The van der Waals surface area contributed by atoms with Crippen LogP contribution in [0.1, 0.15) is 52.4 Å². The molecule has 0 saturated carbocycles. The zero-order chi connectivity index (χ0) is 9.40. The Labute approximate surface area is 76.2 Å². The Morgan fingerprint density at radius 3 is 2.25 bits per heavy atom. The van der Waals surface area contributed by atoms with Crippen LogP contribution in [0.15, 0.2) is 0 Å². The molecule has 0 aliphatic carbocycles. The van der Waals surface area contributed by atoms with Gasteiger partial charge >= 0.3 is 8.03 Å². The van der Waals surface area contributed by atoms with E-state index in [9.17, 15) is 4.57 Å². The minimum absolute atomic E-state index is 0.0524. The summed E-state index contributed by atoms with van der Waals surface area (Å²) in [6.07, 6.45) is 6.30. The molecule has 0 aliphatic rings. The molecule has 0 spiro atoms. The molecule has 2 unspecified atom stereocenters. The Hall–Kier alpha value is 0.0600. The molecule has 0 bridgehead atoms. The van der Waals surface area contributed by atoms with Gasteiger partial charge in [0.05, 0.1) is 0 Å². The summed E-state index contributed by atoms with van der Waals surface area (Å²) in [6, 6.07) is 0. The van der Waals surface area contributed by atoms with Gasteiger partial charge in [0.1, 0.15) is 0 Å². The van der Waals surface area contributed by atoms with Crippen LogP contribution in [0.4, 0.5) is 0 Å². The lowest BCUT2D eigenvalue weighted by Gasteiger charge is -2.01. The Bertz CT molecular complexity index is 126. The average molecular weight is 191 g/mol. The maximum atomic E-state index is 10.8. The summed E-state index contributed by atoms with van der Waals surface area (Å²) in [7, 11) is -1.94. The van der Waals surface area contributed by atoms with Crippen LogP contribution >= 0.6 is 8.03 Å². The first-order chi connectivity index (χ1) is 5.72. The second-order valence-corrected chi connectivity index (χ2v) is 4.58. The molecular weight excluding hydrogens is 171 g/mol. The molecule has 1 N–H and O–H groups in total. The fourth-order valence-corrected chi connectivity index (χ4v) is 2.21. The molecule has 3 heteroatoms. The van der Waals surface area contributed by atoms with Gasteiger partial charge in [0.25, 0.3) is 0 Å². The first kappa shape index (κ1) is 12.1. The molecule has 0 aromatic heterocycles. The van der Waals surface area contributed by atoms with Gasteiger partial charge in [-0.15, -0.1) is 0 Å². The molecule has 0 fully saturated rings. The quantitative estimate of drug-likeness (QED) is 0.494. The maximum Gasteiger partial charge on any atom is 0.508 e. The first-order valence-corrected chi connectivity index (χ1v) is 6.15. The molecule has 0 rings (SSSR count). The highest BCUT2D eigenvalue weighted by atomic mass is 31.1. The largest absolute Gasteiger partial charge is 0.508 e. The summed E-state index contributed by atoms with van der Waals surface area (Å²) in [5.41, 5.74) is 0.0524. The minimum Gasteiger partial charge on any atom is -0.161 e. The third kappa shape index (κ3) is 5.68. The van der Waals surface area contributed by atoms with Crippen LogP contribution in [0.5, 0.6) is 0 Å². The number of hydrogen-bond donors (Lipinski definition) is 1. The van der Waals surface area contributed by atoms with Crippen molar-refractivity contribution < 1.29 is 9.46 Å². The van der Waals surface area contributed by atoms with Crippen molar-refractivity contribution in [2.45, 2.75) is 58.0 Å². The van der Waals surface area contributed by atoms with Gasteiger partial charge in [-0.3, -0.25) is 0 Å². The molecule has 72 valence electrons. The average Bonchev–Trinajstić information content (AvgIpc) is 2.03. The summed E-state index contributed by atoms with van der Waals surface area (Å²) < 4.78 is 10.8. The van der Waals surface area contributed by atoms with Crippen molar-refractivity contribution in [3.63, 3.8) is 0 Å². The molecule has 2 nitrogen and oxygen atoms in total. The van der Waals surface area contributed by atoms with E-state index in [2.05, 4.69) is 13.8 Å². The highest BCUT2D eigenvalue weighted by molar-refractivity contribution is 7.38. The van der Waals surface area contributed by atoms with E-state index >= 15 is 0 Å². The Morgan fingerprint density at radius 2 is 1.83 bits per heavy atom. The van der Waals surface area contributed by atoms with Crippen molar-refractivity contribution in [3.05, 3.63) is 0 Å². The lowest BCUT2D eigenvalue weighted by molar-refractivity contribution is 0.470. The van der Waals surface area contributed by atoms with Crippen LogP contribution in [-0.4, -0.2) is 10.6 Å². The van der Waals surface area contributed by atoms with Crippen LogP contribution in [0.2, 0.25) is 0 Å². The van der Waals surface area contributed by atoms with Crippen molar-refractivity contribution in [1.29, 1.82) is 0 Å². The lowest BCUT2D eigenvalue weighted by Crippen LogP contribution is -2.01. The van der Waals surface area contributed by atoms with Crippen molar-refractivity contribution in [2.75, 3.05) is 0 Å². The molecule has 2 atom stereocenters. The van der Waals surface area contributed by atoms with E-state index in [0.29, 0.717) is 0 Å². The Kier molecular flexibility index (Phi) is 7.73. The van der Waals surface area contributed by atoms with E-state index in [1.165, 1.54) is 12.8 Å². The van der Waals surface area contributed by atoms with Crippen LogP contribution < -0.4 is 0 Å². The molecule has 0 radical (unpaired) electrons. The SMILES string of the molecule is CCCCCC(CCC)[P+](=O)O. The number of unbranched alkanes of at least 4 members (excludes halogenated alkanes) is 2. The Morgan fingerprint density at radius 1 is 1.17 bits per heavy atom. The highest BCUT2D eigenvalue weighted by Crippen LogP contribution is 2.30. The van der Waals surface area contributed by atoms with Crippen LogP contribution in [0, 0.1) is 0 Å². The van der Waals surface area contributed by atoms with Gasteiger partial charge in [-0.05, 0) is 23.8 Å². The van der Waals surface area contributed by atoms with Gasteiger partial charge in [-0.25, -0.2) is 0 Å². The van der Waals surface area contributed by atoms with Crippen molar-refractivity contribution in [2.24, 2.45) is 0 Å². The van der Waals surface area contributed by atoms with E-state index < -0.39 is 8.03 Å². The predicted molar refractivity (Wildman–Crippen MR) is 52.7 cm³/mol. The fourth-order valence-electron chi connectivity index (χ4n) is 1.33. The minimum atomic E-state index is -1.94. The van der Waals surface area contributed by atoms with E-state index in [4.69, 9.17) is 4.89 Å². The van der Waals surface area contributed by atoms with Crippen molar-refractivity contribution in [1.82, 2.24) is 0 Å². The van der Waals surface area contributed by atoms with E-state index in [0.717, 1.165) is 25.7 Å². The van der Waals surface area contributed by atoms with E-state index in [1.807, 2.05) is 0 Å². The fraction of sp³-hybridized carbons (Fsp3) is 1.00. The molecule has 0 aliphatic heterocycles. The third-order valence-electron chi connectivity index (χ3n) is 2.08. The van der Waals surface area contributed by atoms with Crippen LogP contribution in [0.3, 0.4) is 0 Å². The second-order valence-electron chi connectivity index (χ2n) is 3.24. The van der Waals surface area contributed by atoms with E-state index in [-0.39, 0.29) is 5.66 Å². The Balaban J connectivity index is 3.56. The summed E-state index contributed by atoms with van der Waals surface area (Å²) in [6.45, 7) is 4.21. The van der Waals surface area contributed by atoms with Gasteiger partial charge < -0.3 is 0 Å². The van der Waals surface area contributed by atoms with Gasteiger partial charge in [0.2, 0.25) is 0 Å². The summed E-state index contributed by atoms with van der Waals surface area (Å²) in [5.74, 6) is 0. The van der Waals surface area contributed by atoms with E-state index in [1.54, 1.807) is 0 Å². The molecule has 0 saturated heterocycles. The normalized spacial score (nSPS) is 14.4. The molecule has 0 heterocycles. The van der Waals surface area contributed by atoms with Gasteiger partial charge in [-0.1, -0.05) is 33.1 Å². The maximum absolute atomic E-state index is 10.8. The van der Waals surface area contributed by atoms with Crippen LogP contribution in [-0.2, 0) is 4.57 Å². The topological polar surface area (TPSA) is 37.3 Å². The van der Waals surface area contributed by atoms with Gasteiger partial charge in [0.15, 0.2) is 5.66 Å². The third-order valence-corrected chi connectivity index (χ3v) is 3.22. The van der Waals surface area contributed by atoms with Crippen molar-refractivity contribution in [3.8, 4) is 0 Å². The zero-order valence-electron chi connectivity index (χ0n) is 8.12. The molecule has 0 aromatic rings. The van der Waals surface area contributed by atoms with Crippen LogP contribution in [0.25, 0.3) is 0 Å². The molecule has 12 heavy (non-hydrogen) atoms. The molecule has 0 amide bonds. The summed E-state index contributed by atoms with van der Waals surface area (Å²) >= 11 is 0. The predicted octanol–water partition coefficient (Wildman–Crippen LogP) is 3.47. The second kappa shape index (κ2) is 7.70. The zero-order valence-corrected chi connectivity index (χ0v) is 9.02. The van der Waals surface area contributed by atoms with Crippen molar-refractivity contribution >= 4 is 8.03 Å². The summed E-state index contributed by atoms with van der Waals surface area (Å²) in [5, 5.41) is 0. The van der Waals surface area contributed by atoms with Gasteiger partial charge in [-0.2, -0.15) is 4.89 Å². The first-order valence-electron chi connectivity index (χ1n) is 4.87.